The molecule has 1 saturated heterocycles. The topological polar surface area (TPSA) is 80.1 Å². The van der Waals surface area contributed by atoms with Gasteiger partial charge in [0.05, 0.1) is 6.54 Å². The number of amides is 2. The van der Waals surface area contributed by atoms with Gasteiger partial charge in [0, 0.05) is 30.1 Å². The van der Waals surface area contributed by atoms with Crippen LogP contribution in [0.15, 0.2) is 36.9 Å². The minimum atomic E-state index is -0.694. The molecule has 7 nitrogen and oxygen atoms in total. The Kier molecular flexibility index (Phi) is 4.57. The molecular weight excluding hydrogens is 318 g/mol. The Morgan fingerprint density at radius 1 is 1.39 bits per heavy atom. The maximum Gasteiger partial charge on any atom is 0.247 e. The summed E-state index contributed by atoms with van der Waals surface area (Å²) >= 11 is 6.21. The van der Waals surface area contributed by atoms with E-state index in [1.165, 1.54) is 6.33 Å². The highest BCUT2D eigenvalue weighted by atomic mass is 35.5. The van der Waals surface area contributed by atoms with Crippen LogP contribution < -0.4 is 5.32 Å². The van der Waals surface area contributed by atoms with Crippen LogP contribution in [0.1, 0.15) is 18.0 Å². The predicted molar refractivity (Wildman–Crippen MR) is 83.6 cm³/mol. The van der Waals surface area contributed by atoms with E-state index < -0.39 is 6.04 Å². The van der Waals surface area contributed by atoms with Crippen molar-refractivity contribution in [2.45, 2.75) is 19.0 Å². The van der Waals surface area contributed by atoms with E-state index in [0.717, 1.165) is 0 Å². The van der Waals surface area contributed by atoms with Gasteiger partial charge in [0.1, 0.15) is 18.7 Å². The van der Waals surface area contributed by atoms with Crippen LogP contribution in [0.3, 0.4) is 0 Å². The number of halogens is 1. The van der Waals surface area contributed by atoms with Crippen LogP contribution in [0.25, 0.3) is 0 Å². The summed E-state index contributed by atoms with van der Waals surface area (Å²) in [5, 5.41) is 7.24. The van der Waals surface area contributed by atoms with E-state index in [0.29, 0.717) is 30.2 Å². The highest BCUT2D eigenvalue weighted by Crippen LogP contribution is 2.29. The molecule has 2 aromatic rings. The summed E-state index contributed by atoms with van der Waals surface area (Å²) in [6.07, 6.45) is 3.23. The van der Waals surface area contributed by atoms with Gasteiger partial charge in [-0.2, -0.15) is 5.10 Å². The van der Waals surface area contributed by atoms with Crippen molar-refractivity contribution in [1.29, 1.82) is 0 Å². The highest BCUT2D eigenvalue weighted by molar-refractivity contribution is 6.31. The van der Waals surface area contributed by atoms with E-state index in [4.69, 9.17) is 11.6 Å². The molecule has 0 aliphatic carbocycles. The van der Waals surface area contributed by atoms with Gasteiger partial charge in [-0.05, 0) is 6.07 Å². The first-order valence-corrected chi connectivity index (χ1v) is 7.68. The lowest BCUT2D eigenvalue weighted by atomic mass is 10.0. The molecule has 8 heteroatoms. The van der Waals surface area contributed by atoms with Gasteiger partial charge in [-0.15, -0.1) is 0 Å². The Morgan fingerprint density at radius 3 is 2.96 bits per heavy atom. The van der Waals surface area contributed by atoms with Crippen molar-refractivity contribution in [2.75, 3.05) is 13.1 Å². The fourth-order valence-electron chi connectivity index (χ4n) is 2.64. The number of rotatable bonds is 4. The number of nitrogens with zero attached hydrogens (tertiary/aromatic N) is 4. The average Bonchev–Trinajstić information content (AvgIpc) is 3.07. The molecule has 0 radical (unpaired) electrons. The van der Waals surface area contributed by atoms with Crippen LogP contribution in [-0.4, -0.2) is 44.6 Å². The summed E-state index contributed by atoms with van der Waals surface area (Å²) in [7, 11) is 0. The molecular formula is C15H16ClN5O2. The van der Waals surface area contributed by atoms with Crippen molar-refractivity contribution >= 4 is 23.4 Å². The van der Waals surface area contributed by atoms with Crippen LogP contribution in [-0.2, 0) is 16.1 Å². The lowest BCUT2D eigenvalue weighted by Crippen LogP contribution is -2.52. The number of nitrogens with one attached hydrogen (secondary N) is 1. The molecule has 2 heterocycles. The van der Waals surface area contributed by atoms with Crippen LogP contribution in [0.5, 0.6) is 0 Å². The Labute approximate surface area is 138 Å². The number of carbonyl (C=O) groups excluding carboxylic acids is 2. The van der Waals surface area contributed by atoms with Crippen LogP contribution in [0.4, 0.5) is 0 Å². The molecule has 1 aromatic heterocycles. The largest absolute Gasteiger partial charge is 0.352 e. The molecule has 2 amide bonds. The molecule has 1 aliphatic heterocycles. The van der Waals surface area contributed by atoms with E-state index in [1.54, 1.807) is 40.2 Å². The quantitative estimate of drug-likeness (QED) is 0.906. The molecule has 1 aliphatic rings. The molecule has 1 aromatic carbocycles. The third-order valence-electron chi connectivity index (χ3n) is 3.75. The molecule has 23 heavy (non-hydrogen) atoms. The number of benzene rings is 1. The van der Waals surface area contributed by atoms with Crippen molar-refractivity contribution < 1.29 is 9.59 Å². The zero-order chi connectivity index (χ0) is 16.2. The Balaban J connectivity index is 1.79. The molecule has 0 unspecified atom stereocenters. The van der Waals surface area contributed by atoms with E-state index in [-0.39, 0.29) is 18.2 Å². The van der Waals surface area contributed by atoms with Gasteiger partial charge >= 0.3 is 0 Å². The van der Waals surface area contributed by atoms with E-state index in [1.807, 2.05) is 0 Å². The fraction of sp³-hybridized carbons (Fsp3) is 0.333. The van der Waals surface area contributed by atoms with Gasteiger partial charge in [-0.1, -0.05) is 29.8 Å². The predicted octanol–water partition coefficient (Wildman–Crippen LogP) is 1.02. The van der Waals surface area contributed by atoms with Crippen molar-refractivity contribution in [3.63, 3.8) is 0 Å². The molecule has 0 bridgehead atoms. The van der Waals surface area contributed by atoms with Crippen molar-refractivity contribution in [2.24, 2.45) is 0 Å². The molecule has 0 spiro atoms. The number of carbonyl (C=O) groups is 2. The number of aryl methyl sites for hydroxylation is 1. The summed E-state index contributed by atoms with van der Waals surface area (Å²) in [5.41, 5.74) is 0.639. The van der Waals surface area contributed by atoms with Gasteiger partial charge in [0.25, 0.3) is 0 Å². The first-order chi connectivity index (χ1) is 11.2. The van der Waals surface area contributed by atoms with Gasteiger partial charge in [0.2, 0.25) is 11.8 Å². The average molecular weight is 334 g/mol. The van der Waals surface area contributed by atoms with Gasteiger partial charge in [-0.3, -0.25) is 14.3 Å². The van der Waals surface area contributed by atoms with E-state index >= 15 is 0 Å². The minimum absolute atomic E-state index is 0.111. The number of hydrogen-bond donors (Lipinski definition) is 1. The van der Waals surface area contributed by atoms with Crippen LogP contribution in [0, 0.1) is 0 Å². The number of piperazine rings is 1. The number of aromatic nitrogens is 3. The third-order valence-corrected chi connectivity index (χ3v) is 4.10. The fourth-order valence-corrected chi connectivity index (χ4v) is 2.88. The number of hydrogen-bond acceptors (Lipinski definition) is 4. The van der Waals surface area contributed by atoms with Crippen molar-refractivity contribution in [1.82, 2.24) is 25.0 Å². The minimum Gasteiger partial charge on any atom is -0.352 e. The Hall–Kier alpha value is -2.41. The monoisotopic (exact) mass is 333 g/mol. The summed E-state index contributed by atoms with van der Waals surface area (Å²) < 4.78 is 1.59. The zero-order valence-corrected chi connectivity index (χ0v) is 13.1. The molecule has 1 atom stereocenters. The molecule has 1 N–H and O–H groups in total. The maximum atomic E-state index is 12.6. The summed E-state index contributed by atoms with van der Waals surface area (Å²) in [5.74, 6) is -0.321. The van der Waals surface area contributed by atoms with E-state index in [2.05, 4.69) is 15.4 Å². The van der Waals surface area contributed by atoms with Crippen molar-refractivity contribution in [3.8, 4) is 0 Å². The zero-order valence-electron chi connectivity index (χ0n) is 12.4. The Bertz CT molecular complexity index is 704. The standard InChI is InChI=1S/C15H16ClN5O2/c16-12-4-2-1-3-11(12)14-15(23)18-6-8-21(14)13(22)5-7-20-10-17-9-19-20/h1-4,9-10,14H,5-8H2,(H,18,23)/t14-/m1/s1. The van der Waals surface area contributed by atoms with Crippen LogP contribution >= 0.6 is 11.6 Å². The van der Waals surface area contributed by atoms with Gasteiger partial charge in [0.15, 0.2) is 0 Å². The smallest absolute Gasteiger partial charge is 0.247 e. The highest BCUT2D eigenvalue weighted by Gasteiger charge is 2.35. The second kappa shape index (κ2) is 6.78. The molecule has 3 rings (SSSR count). The first kappa shape index (κ1) is 15.5. The third kappa shape index (κ3) is 3.34. The summed E-state index contributed by atoms with van der Waals surface area (Å²) in [6.45, 7) is 1.32. The second-order valence-corrected chi connectivity index (χ2v) is 5.62. The summed E-state index contributed by atoms with van der Waals surface area (Å²) in [4.78, 5) is 30.3. The molecule has 1 fully saturated rings. The first-order valence-electron chi connectivity index (χ1n) is 7.31. The van der Waals surface area contributed by atoms with Crippen molar-refractivity contribution in [3.05, 3.63) is 47.5 Å². The second-order valence-electron chi connectivity index (χ2n) is 5.21. The van der Waals surface area contributed by atoms with Crippen LogP contribution in [0.2, 0.25) is 5.02 Å². The Morgan fingerprint density at radius 2 is 2.22 bits per heavy atom. The summed E-state index contributed by atoms with van der Waals surface area (Å²) in [6, 6.07) is 6.40. The lowest BCUT2D eigenvalue weighted by Gasteiger charge is -2.35. The SMILES string of the molecule is O=C1NCCN(C(=O)CCn2cncn2)[C@@H]1c1ccccc1Cl. The maximum absolute atomic E-state index is 12.6. The molecule has 120 valence electrons. The van der Waals surface area contributed by atoms with Gasteiger partial charge < -0.3 is 10.2 Å². The van der Waals surface area contributed by atoms with Gasteiger partial charge in [-0.25, -0.2) is 4.98 Å². The normalized spacial score (nSPS) is 17.9. The lowest BCUT2D eigenvalue weighted by molar-refractivity contribution is -0.143. The van der Waals surface area contributed by atoms with E-state index in [9.17, 15) is 9.59 Å². The molecule has 0 saturated carbocycles.